The fourth-order valence-electron chi connectivity index (χ4n) is 18.6. The van der Waals surface area contributed by atoms with Crippen molar-refractivity contribution in [2.24, 2.45) is 16.2 Å². The SMILES string of the molecule is CC1(C=O)CCC1.CC1(CN2CCC(n3cc(Cc4ccc5c6c(cccc46)C(=O)N5)cn3)CC2)CCC1.CC1(CN2CCC(n3cc(Cc4ccc5c6c(cccc46)C(=O)N5C4CCC(=O)NC4=O)cn3)CC2)CCC1.Cl.O=C1CCC(Br)C(=O)N1.O=C1Nc2ccc(Cc3cnn(C4CCNCC4)c3)c3cccc1c23. The van der Waals surface area contributed by atoms with Crippen LogP contribution in [0.4, 0.5) is 17.1 Å². The molecule has 586 valence electrons. The lowest BCUT2D eigenvalue weighted by atomic mass is 9.70. The van der Waals surface area contributed by atoms with E-state index in [1.165, 1.54) is 112 Å². The molecule has 3 aromatic heterocycles. The fraction of sp³-hybridized carbons (Fsp3) is 0.466. The first-order valence-electron chi connectivity index (χ1n) is 40.4. The first kappa shape index (κ1) is 78.0. The van der Waals surface area contributed by atoms with E-state index in [0.29, 0.717) is 53.8 Å². The van der Waals surface area contributed by atoms with Crippen molar-refractivity contribution in [3.63, 3.8) is 0 Å². The number of aromatic nitrogens is 6. The van der Waals surface area contributed by atoms with Crippen LogP contribution in [0.15, 0.2) is 128 Å². The van der Waals surface area contributed by atoms with Crippen molar-refractivity contribution in [3.8, 4) is 0 Å². The number of halogens is 2. The molecule has 5 saturated heterocycles. The van der Waals surface area contributed by atoms with E-state index in [9.17, 15) is 38.4 Å². The molecule has 112 heavy (non-hydrogen) atoms. The molecule has 0 spiro atoms. The zero-order valence-electron chi connectivity index (χ0n) is 64.4. The van der Waals surface area contributed by atoms with Crippen molar-refractivity contribution in [2.45, 2.75) is 191 Å². The van der Waals surface area contributed by atoms with Crippen LogP contribution in [0.5, 0.6) is 0 Å². The Bertz CT molecular complexity index is 5090. The number of imide groups is 2. The van der Waals surface area contributed by atoms with E-state index in [-0.39, 0.29) is 64.5 Å². The first-order valence-corrected chi connectivity index (χ1v) is 41.3. The molecular weight excluding hydrogens is 1500 g/mol. The largest absolute Gasteiger partial charge is 0.321 e. The molecule has 3 aliphatic carbocycles. The lowest BCUT2D eigenvalue weighted by Gasteiger charge is -2.44. The molecule has 22 nitrogen and oxygen atoms in total. The highest BCUT2D eigenvalue weighted by molar-refractivity contribution is 9.10. The highest BCUT2D eigenvalue weighted by Crippen LogP contribution is 2.46. The second kappa shape index (κ2) is 33.1. The molecule has 0 radical (unpaired) electrons. The molecule has 8 aliphatic heterocycles. The van der Waals surface area contributed by atoms with Gasteiger partial charge in [0.2, 0.25) is 23.6 Å². The van der Waals surface area contributed by atoms with Gasteiger partial charge in [-0.15, -0.1) is 12.4 Å². The maximum atomic E-state index is 13.4. The topological polar surface area (TPSA) is 260 Å². The predicted octanol–water partition coefficient (Wildman–Crippen LogP) is 14.3. The van der Waals surface area contributed by atoms with E-state index in [1.807, 2.05) is 80.1 Å². The van der Waals surface area contributed by atoms with Gasteiger partial charge in [-0.3, -0.25) is 63.1 Å². The third-order valence-corrected chi connectivity index (χ3v) is 26.4. The van der Waals surface area contributed by atoms with Crippen molar-refractivity contribution < 1.29 is 38.4 Å². The summed E-state index contributed by atoms with van der Waals surface area (Å²) >= 11 is 3.12. The average Bonchev–Trinajstić information content (AvgIpc) is 1.57. The highest BCUT2D eigenvalue weighted by Gasteiger charge is 2.42. The van der Waals surface area contributed by atoms with Gasteiger partial charge >= 0.3 is 0 Å². The second-order valence-electron chi connectivity index (χ2n) is 33.9. The second-order valence-corrected chi connectivity index (χ2v) is 35.0. The van der Waals surface area contributed by atoms with Crippen molar-refractivity contribution in [2.75, 3.05) is 67.9 Å². The lowest BCUT2D eigenvalue weighted by molar-refractivity contribution is -0.135. The Kier molecular flexibility index (Phi) is 23.0. The van der Waals surface area contributed by atoms with Gasteiger partial charge in [-0.2, -0.15) is 15.3 Å². The van der Waals surface area contributed by atoms with E-state index >= 15 is 0 Å². The summed E-state index contributed by atoms with van der Waals surface area (Å²) in [5.41, 5.74) is 13.2. The Morgan fingerprint density at radius 2 is 0.893 bits per heavy atom. The molecule has 3 saturated carbocycles. The summed E-state index contributed by atoms with van der Waals surface area (Å²) in [6.07, 6.45) is 36.4. The standard InChI is InChI=1S/C31H35N5O3.C26H30N4O.C20H20N4O.C6H10O.C5H6BrNO2.ClH/c1-31(12-3-13-31)19-34-14-10-22(11-15-34)35-18-20(17-32-35)16-21-6-7-25-28-23(21)4-2-5-24(28)30(39)36(25)26-8-9-27(37)33-29(26)38;1-26(10-3-11-26)17-29-12-8-20(9-13-29)30-16-18(15-27-30)14-19-6-7-23-24-21(19)4-2-5-22(24)25(31)28-23;25-20-17-3-1-2-16-14(4-5-18(23-20)19(16)17)10-13-11-22-24(12-13)15-6-8-21-9-7-15;1-6(5-7)3-2-4-6;6-3-1-2-4(8)7-5(3)9;/h2,4-7,17-18,22,26H,3,8-16,19H2,1H3,(H,33,37,38);2,4-7,15-16,20H,3,8-14,17H2,1H3,(H,28,31);1-5,11-12,15,21H,6-10H2,(H,23,25);5H,2-4H2,1H3;3H,1-2H2,(H,7,8,9);1H. The Morgan fingerprint density at radius 3 is 1.29 bits per heavy atom. The van der Waals surface area contributed by atoms with Gasteiger partial charge in [-0.25, -0.2) is 0 Å². The average molecular weight is 1600 g/mol. The number of rotatable bonds is 15. The Hall–Kier alpha value is -9.26. The molecule has 20 rings (SSSR count). The molecular formula is C88H102BrClN14O8. The van der Waals surface area contributed by atoms with Crippen molar-refractivity contribution in [1.82, 2.24) is 55.1 Å². The van der Waals surface area contributed by atoms with Gasteiger partial charge in [0, 0.05) is 140 Å². The summed E-state index contributed by atoms with van der Waals surface area (Å²) in [4.78, 5) is 99.9. The predicted molar refractivity (Wildman–Crippen MR) is 441 cm³/mol. The van der Waals surface area contributed by atoms with Gasteiger partial charge in [-0.1, -0.05) is 111 Å². The fourth-order valence-corrected chi connectivity index (χ4v) is 18.9. The highest BCUT2D eigenvalue weighted by atomic mass is 79.9. The summed E-state index contributed by atoms with van der Waals surface area (Å²) in [6, 6.07) is 30.9. The Morgan fingerprint density at radius 1 is 0.473 bits per heavy atom. The van der Waals surface area contributed by atoms with Crippen LogP contribution in [-0.2, 0) is 43.2 Å². The number of nitrogens with one attached hydrogen (secondary N) is 5. The third kappa shape index (κ3) is 16.6. The molecule has 7 amide bonds. The summed E-state index contributed by atoms with van der Waals surface area (Å²) in [5.74, 6) is -1.25. The number of carbonyl (C=O) groups is 8. The van der Waals surface area contributed by atoms with Crippen LogP contribution in [0.2, 0.25) is 0 Å². The Labute approximate surface area is 668 Å². The zero-order chi connectivity index (χ0) is 76.7. The molecule has 11 aliphatic rings. The maximum absolute atomic E-state index is 13.4. The molecule has 2 atom stereocenters. The molecule has 11 heterocycles. The van der Waals surface area contributed by atoms with E-state index in [4.69, 9.17) is 10.2 Å². The number of aldehydes is 1. The third-order valence-electron chi connectivity index (χ3n) is 25.6. The summed E-state index contributed by atoms with van der Waals surface area (Å²) in [5, 5.41) is 34.4. The van der Waals surface area contributed by atoms with Gasteiger partial charge in [0.05, 0.1) is 47.2 Å². The zero-order valence-corrected chi connectivity index (χ0v) is 66.8. The normalized spacial score (nSPS) is 21.6. The van der Waals surface area contributed by atoms with E-state index in [1.54, 1.807) is 4.90 Å². The van der Waals surface area contributed by atoms with Crippen LogP contribution in [0.3, 0.4) is 0 Å². The van der Waals surface area contributed by atoms with Crippen LogP contribution >= 0.6 is 28.3 Å². The first-order chi connectivity index (χ1) is 53.7. The van der Waals surface area contributed by atoms with Crippen LogP contribution < -0.4 is 31.5 Å². The lowest BCUT2D eigenvalue weighted by Crippen LogP contribution is -2.53. The maximum Gasteiger partial charge on any atom is 0.259 e. The number of hydrogen-bond donors (Lipinski definition) is 5. The monoisotopic (exact) mass is 1600 g/mol. The summed E-state index contributed by atoms with van der Waals surface area (Å²) < 4.78 is 6.48. The number of anilines is 3. The van der Waals surface area contributed by atoms with Crippen molar-refractivity contribution >= 4 is 125 Å². The van der Waals surface area contributed by atoms with Gasteiger partial charge in [0.25, 0.3) is 17.7 Å². The van der Waals surface area contributed by atoms with Gasteiger partial charge in [-0.05, 0) is 200 Å². The molecule has 9 aromatic rings. The number of nitrogens with zero attached hydrogens (tertiary/aromatic N) is 9. The summed E-state index contributed by atoms with van der Waals surface area (Å²) in [7, 11) is 0. The minimum absolute atomic E-state index is 0. The number of amides is 7. The molecule has 0 bridgehead atoms. The van der Waals surface area contributed by atoms with E-state index in [0.717, 1.165) is 156 Å². The minimum Gasteiger partial charge on any atom is -0.321 e. The summed E-state index contributed by atoms with van der Waals surface area (Å²) in [6.45, 7) is 16.2. The number of likely N-dealkylation sites (tertiary alicyclic amines) is 2. The molecule has 5 N–H and O–H groups in total. The van der Waals surface area contributed by atoms with Gasteiger partial charge in [0.1, 0.15) is 12.3 Å². The molecule has 24 heteroatoms. The number of hydrogen-bond acceptors (Lipinski definition) is 14. The Balaban J connectivity index is 0.000000122. The van der Waals surface area contributed by atoms with Crippen LogP contribution in [-0.4, -0.2) is 150 Å². The minimum atomic E-state index is -0.669. The van der Waals surface area contributed by atoms with Crippen LogP contribution in [0.1, 0.15) is 225 Å². The quantitative estimate of drug-likeness (QED) is 0.0363. The molecule has 6 aromatic carbocycles. The van der Waals surface area contributed by atoms with E-state index in [2.05, 4.69) is 140 Å². The van der Waals surface area contributed by atoms with Gasteiger partial charge < -0.3 is 30.5 Å². The number of alkyl halides is 1. The van der Waals surface area contributed by atoms with Crippen LogP contribution in [0, 0.1) is 16.2 Å². The smallest absolute Gasteiger partial charge is 0.259 e. The number of carbonyl (C=O) groups excluding carboxylic acids is 8. The molecule has 2 unspecified atom stereocenters. The van der Waals surface area contributed by atoms with Gasteiger partial charge in [0.15, 0.2) is 0 Å². The van der Waals surface area contributed by atoms with Crippen LogP contribution in [0.25, 0.3) is 32.3 Å². The number of piperidine rings is 5. The van der Waals surface area contributed by atoms with E-state index < -0.39 is 11.9 Å². The van der Waals surface area contributed by atoms with Crippen molar-refractivity contribution in [3.05, 3.63) is 178 Å². The van der Waals surface area contributed by atoms with Crippen molar-refractivity contribution in [1.29, 1.82) is 0 Å². The number of benzene rings is 6. The molecule has 8 fully saturated rings.